The van der Waals surface area contributed by atoms with Gasteiger partial charge in [0.15, 0.2) is 0 Å². The van der Waals surface area contributed by atoms with E-state index in [2.05, 4.69) is 11.7 Å². The Kier molecular flexibility index (Phi) is 7.26. The van der Waals surface area contributed by atoms with Crippen molar-refractivity contribution in [3.63, 3.8) is 0 Å². The van der Waals surface area contributed by atoms with Crippen LogP contribution in [0.15, 0.2) is 11.6 Å². The first-order valence-corrected chi connectivity index (χ1v) is 5.98. The molecule has 0 aromatic carbocycles. The Balaban J connectivity index is 4.29. The van der Waals surface area contributed by atoms with E-state index in [1.807, 2.05) is 13.0 Å². The molecule has 0 aromatic rings. The van der Waals surface area contributed by atoms with Gasteiger partial charge in [-0.05, 0) is 32.1 Å². The molecule has 0 aromatic heterocycles. The number of methoxy groups -OCH3 is 1. The lowest BCUT2D eigenvalue weighted by Crippen LogP contribution is -2.15. The van der Waals surface area contributed by atoms with Crippen molar-refractivity contribution in [1.29, 1.82) is 0 Å². The van der Waals surface area contributed by atoms with Crippen LogP contribution in [0.1, 0.15) is 40.0 Å². The lowest BCUT2D eigenvalue weighted by atomic mass is 9.93. The van der Waals surface area contributed by atoms with Crippen LogP contribution < -0.4 is 5.73 Å². The molecule has 1 amide bonds. The van der Waals surface area contributed by atoms with E-state index >= 15 is 0 Å². The first-order valence-electron chi connectivity index (χ1n) is 5.98. The van der Waals surface area contributed by atoms with Crippen molar-refractivity contribution in [1.82, 2.24) is 0 Å². The fourth-order valence-electron chi connectivity index (χ4n) is 1.62. The van der Waals surface area contributed by atoms with Crippen LogP contribution in [0.2, 0.25) is 0 Å². The number of esters is 1. The predicted octanol–water partition coefficient (Wildman–Crippen LogP) is 2.03. The SMILES string of the molecule is CCC(/C=C(\C)C(N)=O)CCC(C)C(=O)OC. The van der Waals surface area contributed by atoms with Gasteiger partial charge in [-0.1, -0.05) is 19.9 Å². The molecule has 0 saturated heterocycles. The van der Waals surface area contributed by atoms with Crippen LogP contribution in [0.25, 0.3) is 0 Å². The molecule has 0 saturated carbocycles. The third-order valence-electron chi connectivity index (χ3n) is 2.97. The molecule has 0 aliphatic rings. The maximum atomic E-state index is 11.2. The fraction of sp³-hybridized carbons (Fsp3) is 0.692. The molecule has 0 radical (unpaired) electrons. The minimum absolute atomic E-state index is 0.101. The summed E-state index contributed by atoms with van der Waals surface area (Å²) in [4.78, 5) is 22.2. The smallest absolute Gasteiger partial charge is 0.308 e. The van der Waals surface area contributed by atoms with Gasteiger partial charge in [-0.3, -0.25) is 9.59 Å². The second-order valence-corrected chi connectivity index (χ2v) is 4.38. The molecule has 0 fully saturated rings. The molecular formula is C13H23NO3. The molecule has 0 bridgehead atoms. The zero-order valence-corrected chi connectivity index (χ0v) is 11.2. The molecule has 0 spiro atoms. The highest BCUT2D eigenvalue weighted by Crippen LogP contribution is 2.19. The molecule has 4 nitrogen and oxygen atoms in total. The number of hydrogen-bond donors (Lipinski definition) is 1. The summed E-state index contributed by atoms with van der Waals surface area (Å²) >= 11 is 0. The van der Waals surface area contributed by atoms with Crippen LogP contribution in [-0.2, 0) is 14.3 Å². The van der Waals surface area contributed by atoms with Crippen LogP contribution in [-0.4, -0.2) is 19.0 Å². The third-order valence-corrected chi connectivity index (χ3v) is 2.97. The van der Waals surface area contributed by atoms with Gasteiger partial charge >= 0.3 is 5.97 Å². The van der Waals surface area contributed by atoms with E-state index in [1.165, 1.54) is 7.11 Å². The average Bonchev–Trinajstić information content (AvgIpc) is 2.32. The van der Waals surface area contributed by atoms with Gasteiger partial charge in [0, 0.05) is 5.57 Å². The second kappa shape index (κ2) is 7.87. The number of rotatable bonds is 7. The molecule has 0 aliphatic heterocycles. The first kappa shape index (κ1) is 15.7. The first-order chi connectivity index (χ1) is 7.92. The summed E-state index contributed by atoms with van der Waals surface area (Å²) in [5.41, 5.74) is 5.77. The molecule has 4 heteroatoms. The van der Waals surface area contributed by atoms with E-state index < -0.39 is 0 Å². The van der Waals surface area contributed by atoms with Gasteiger partial charge in [0.2, 0.25) is 5.91 Å². The zero-order valence-electron chi connectivity index (χ0n) is 11.2. The Morgan fingerprint density at radius 2 is 1.94 bits per heavy atom. The van der Waals surface area contributed by atoms with Gasteiger partial charge in [-0.2, -0.15) is 0 Å². The Morgan fingerprint density at radius 1 is 1.35 bits per heavy atom. The van der Waals surface area contributed by atoms with Gasteiger partial charge in [0.1, 0.15) is 0 Å². The molecule has 2 unspecified atom stereocenters. The number of ether oxygens (including phenoxy) is 1. The van der Waals surface area contributed by atoms with Gasteiger partial charge in [0.25, 0.3) is 0 Å². The van der Waals surface area contributed by atoms with E-state index in [1.54, 1.807) is 6.92 Å². The van der Waals surface area contributed by atoms with Gasteiger partial charge in [-0.15, -0.1) is 0 Å². The Labute approximate surface area is 103 Å². The predicted molar refractivity (Wildman–Crippen MR) is 67.1 cm³/mol. The number of nitrogens with two attached hydrogens (primary N) is 1. The summed E-state index contributed by atoms with van der Waals surface area (Å²) in [5, 5.41) is 0. The minimum Gasteiger partial charge on any atom is -0.469 e. The average molecular weight is 241 g/mol. The van der Waals surface area contributed by atoms with E-state index in [-0.39, 0.29) is 23.7 Å². The Hall–Kier alpha value is -1.32. The maximum absolute atomic E-state index is 11.2. The monoisotopic (exact) mass is 241 g/mol. The number of allylic oxidation sites excluding steroid dienone is 1. The van der Waals surface area contributed by atoms with Crippen molar-refractivity contribution in [3.05, 3.63) is 11.6 Å². The molecule has 2 atom stereocenters. The lowest BCUT2D eigenvalue weighted by molar-refractivity contribution is -0.145. The largest absolute Gasteiger partial charge is 0.469 e. The standard InChI is InChI=1S/C13H23NO3/c1-5-11(8-10(3)12(14)15)7-6-9(2)13(16)17-4/h8-9,11H,5-7H2,1-4H3,(H2,14,15)/b10-8+. The number of carbonyl (C=O) groups is 2. The molecule has 0 rings (SSSR count). The van der Waals surface area contributed by atoms with Crippen molar-refractivity contribution in [2.75, 3.05) is 7.11 Å². The fourth-order valence-corrected chi connectivity index (χ4v) is 1.62. The molecule has 17 heavy (non-hydrogen) atoms. The highest BCUT2D eigenvalue weighted by atomic mass is 16.5. The van der Waals surface area contributed by atoms with Crippen LogP contribution in [0.5, 0.6) is 0 Å². The Bertz CT molecular complexity index is 297. The number of primary amides is 1. The summed E-state index contributed by atoms with van der Waals surface area (Å²) in [6.45, 7) is 5.62. The summed E-state index contributed by atoms with van der Waals surface area (Å²) in [6, 6.07) is 0. The zero-order chi connectivity index (χ0) is 13.4. The van der Waals surface area contributed by atoms with Crippen LogP contribution in [0.4, 0.5) is 0 Å². The van der Waals surface area contributed by atoms with E-state index in [0.29, 0.717) is 5.57 Å². The lowest BCUT2D eigenvalue weighted by Gasteiger charge is -2.14. The van der Waals surface area contributed by atoms with E-state index in [9.17, 15) is 9.59 Å². The normalized spacial score (nSPS) is 15.2. The number of hydrogen-bond acceptors (Lipinski definition) is 3. The summed E-state index contributed by atoms with van der Waals surface area (Å²) in [5.74, 6) is -0.383. The molecule has 0 aliphatic carbocycles. The molecular weight excluding hydrogens is 218 g/mol. The van der Waals surface area contributed by atoms with Gasteiger partial charge in [0.05, 0.1) is 13.0 Å². The highest BCUT2D eigenvalue weighted by Gasteiger charge is 2.15. The van der Waals surface area contributed by atoms with Crippen LogP contribution in [0, 0.1) is 11.8 Å². The van der Waals surface area contributed by atoms with Gasteiger partial charge in [-0.25, -0.2) is 0 Å². The van der Waals surface area contributed by atoms with Crippen LogP contribution >= 0.6 is 0 Å². The van der Waals surface area contributed by atoms with Crippen molar-refractivity contribution in [2.24, 2.45) is 17.6 Å². The minimum atomic E-state index is -0.385. The quantitative estimate of drug-likeness (QED) is 0.547. The molecule has 2 N–H and O–H groups in total. The Morgan fingerprint density at radius 3 is 2.35 bits per heavy atom. The van der Waals surface area contributed by atoms with Crippen molar-refractivity contribution in [3.8, 4) is 0 Å². The van der Waals surface area contributed by atoms with E-state index in [4.69, 9.17) is 5.73 Å². The summed E-state index contributed by atoms with van der Waals surface area (Å²) in [6.07, 6.45) is 4.44. The maximum Gasteiger partial charge on any atom is 0.308 e. The van der Waals surface area contributed by atoms with Crippen molar-refractivity contribution >= 4 is 11.9 Å². The molecule has 0 heterocycles. The molecule has 98 valence electrons. The van der Waals surface area contributed by atoms with Crippen LogP contribution in [0.3, 0.4) is 0 Å². The summed E-state index contributed by atoms with van der Waals surface area (Å²) in [7, 11) is 1.40. The summed E-state index contributed by atoms with van der Waals surface area (Å²) < 4.78 is 4.67. The highest BCUT2D eigenvalue weighted by molar-refractivity contribution is 5.91. The second-order valence-electron chi connectivity index (χ2n) is 4.38. The van der Waals surface area contributed by atoms with Crippen molar-refractivity contribution in [2.45, 2.75) is 40.0 Å². The third kappa shape index (κ3) is 6.09. The number of carbonyl (C=O) groups excluding carboxylic acids is 2. The van der Waals surface area contributed by atoms with Gasteiger partial charge < -0.3 is 10.5 Å². The topological polar surface area (TPSA) is 69.4 Å². The van der Waals surface area contributed by atoms with E-state index in [0.717, 1.165) is 19.3 Å². The van der Waals surface area contributed by atoms with Crippen molar-refractivity contribution < 1.29 is 14.3 Å². The number of amides is 1.